The molecule has 86 valence electrons. The molecule has 0 amide bonds. The molecule has 1 nitrogen and oxygen atoms in total. The van der Waals surface area contributed by atoms with Crippen LogP contribution in [0.5, 0.6) is 0 Å². The third kappa shape index (κ3) is 4.48. The molecule has 0 bridgehead atoms. The van der Waals surface area contributed by atoms with Crippen LogP contribution in [0.25, 0.3) is 0 Å². The highest BCUT2D eigenvalue weighted by Crippen LogP contribution is 2.19. The quantitative estimate of drug-likeness (QED) is 0.634. The van der Waals surface area contributed by atoms with Gasteiger partial charge in [0.2, 0.25) is 0 Å². The fourth-order valence-electron chi connectivity index (χ4n) is 1.36. The Morgan fingerprint density at radius 2 is 1.93 bits per heavy atom. The van der Waals surface area contributed by atoms with E-state index in [-0.39, 0.29) is 0 Å². The second-order valence-electron chi connectivity index (χ2n) is 3.80. The lowest BCUT2D eigenvalue weighted by molar-refractivity contribution is 0.205. The van der Waals surface area contributed by atoms with Crippen molar-refractivity contribution < 1.29 is 4.74 Å². The van der Waals surface area contributed by atoms with Crippen molar-refractivity contribution in [3.63, 3.8) is 0 Å². The second kappa shape index (κ2) is 7.47. The van der Waals surface area contributed by atoms with Crippen LogP contribution in [0.2, 0.25) is 0 Å². The Labute approximate surface area is 94.5 Å². The molecule has 1 heteroatoms. The van der Waals surface area contributed by atoms with E-state index in [0.717, 1.165) is 13.2 Å². The van der Waals surface area contributed by atoms with Crippen molar-refractivity contribution in [2.75, 3.05) is 13.2 Å². The zero-order chi connectivity index (χ0) is 11.8. The third-order valence-corrected chi connectivity index (χ3v) is 2.37. The van der Waals surface area contributed by atoms with Crippen molar-refractivity contribution in [2.24, 2.45) is 5.92 Å². The van der Waals surface area contributed by atoms with Gasteiger partial charge in [0.05, 0.1) is 13.2 Å². The van der Waals surface area contributed by atoms with Gasteiger partial charge in [0.25, 0.3) is 0 Å². The number of allylic oxidation sites excluding steroid dienone is 2. The summed E-state index contributed by atoms with van der Waals surface area (Å²) in [6.07, 6.45) is 4.14. The van der Waals surface area contributed by atoms with E-state index in [0.29, 0.717) is 5.92 Å². The van der Waals surface area contributed by atoms with E-state index < -0.39 is 0 Å². The minimum Gasteiger partial charge on any atom is -0.372 e. The average Bonchev–Trinajstić information content (AvgIpc) is 2.63. The Balaban J connectivity index is 0.000000921. The standard InChI is InChI=1S/C12H18O.C2H6/c1-5-11(9(2)3)6-12-8-13-7-10(12)4;1-2/h5-6,9H,1,7-8H2,2-4H3;1-2H3/b11-6+;. The molecule has 0 unspecified atom stereocenters. The predicted molar refractivity (Wildman–Crippen MR) is 68.0 cm³/mol. The second-order valence-corrected chi connectivity index (χ2v) is 3.80. The van der Waals surface area contributed by atoms with Crippen molar-refractivity contribution >= 4 is 0 Å². The summed E-state index contributed by atoms with van der Waals surface area (Å²) in [7, 11) is 0. The van der Waals surface area contributed by atoms with Gasteiger partial charge >= 0.3 is 0 Å². The number of rotatable bonds is 3. The van der Waals surface area contributed by atoms with Gasteiger partial charge in [-0.2, -0.15) is 0 Å². The molecule has 0 saturated carbocycles. The molecular weight excluding hydrogens is 184 g/mol. The van der Waals surface area contributed by atoms with Gasteiger partial charge in [0, 0.05) is 0 Å². The molecular formula is C14H24O. The topological polar surface area (TPSA) is 9.23 Å². The van der Waals surface area contributed by atoms with Gasteiger partial charge in [0.1, 0.15) is 0 Å². The first-order valence-electron chi connectivity index (χ1n) is 5.75. The number of ether oxygens (including phenoxy) is 1. The first-order valence-corrected chi connectivity index (χ1v) is 5.75. The van der Waals surface area contributed by atoms with Gasteiger partial charge in [-0.15, -0.1) is 0 Å². The van der Waals surface area contributed by atoms with Crippen LogP contribution in [0.3, 0.4) is 0 Å². The Morgan fingerprint density at radius 1 is 1.33 bits per heavy atom. The molecule has 1 aliphatic rings. The molecule has 0 saturated heterocycles. The molecule has 15 heavy (non-hydrogen) atoms. The molecule has 0 aliphatic carbocycles. The Hall–Kier alpha value is -0.820. The minimum atomic E-state index is 0.540. The maximum atomic E-state index is 5.34. The third-order valence-electron chi connectivity index (χ3n) is 2.37. The largest absolute Gasteiger partial charge is 0.372 e. The Kier molecular flexibility index (Phi) is 7.06. The van der Waals surface area contributed by atoms with E-state index in [1.54, 1.807) is 0 Å². The maximum Gasteiger partial charge on any atom is 0.0721 e. The lowest BCUT2D eigenvalue weighted by atomic mass is 9.99. The van der Waals surface area contributed by atoms with Crippen molar-refractivity contribution in [3.8, 4) is 0 Å². The molecule has 0 atom stereocenters. The molecule has 0 aromatic heterocycles. The summed E-state index contributed by atoms with van der Waals surface area (Å²) in [6, 6.07) is 0. The summed E-state index contributed by atoms with van der Waals surface area (Å²) in [5, 5.41) is 0. The minimum absolute atomic E-state index is 0.540. The van der Waals surface area contributed by atoms with E-state index in [2.05, 4.69) is 33.4 Å². The summed E-state index contributed by atoms with van der Waals surface area (Å²) >= 11 is 0. The fraction of sp³-hybridized carbons (Fsp3) is 0.571. The molecule has 0 spiro atoms. The highest BCUT2D eigenvalue weighted by Gasteiger charge is 2.09. The zero-order valence-electron chi connectivity index (χ0n) is 10.8. The molecule has 1 rings (SSSR count). The van der Waals surface area contributed by atoms with Crippen LogP contribution >= 0.6 is 0 Å². The van der Waals surface area contributed by atoms with Gasteiger partial charge in [-0.3, -0.25) is 0 Å². The van der Waals surface area contributed by atoms with Crippen LogP contribution in [0, 0.1) is 5.92 Å². The summed E-state index contributed by atoms with van der Waals surface area (Å²) in [6.45, 7) is 15.8. The Bertz CT molecular complexity index is 257. The molecule has 0 aromatic carbocycles. The molecule has 0 aromatic rings. The molecule has 0 fully saturated rings. The van der Waals surface area contributed by atoms with Crippen molar-refractivity contribution in [3.05, 3.63) is 35.5 Å². The average molecular weight is 208 g/mol. The number of hydrogen-bond acceptors (Lipinski definition) is 1. The van der Waals surface area contributed by atoms with E-state index in [1.807, 2.05) is 19.9 Å². The molecule has 0 N–H and O–H groups in total. The lowest BCUT2D eigenvalue weighted by Gasteiger charge is -2.06. The first kappa shape index (κ1) is 14.2. The Morgan fingerprint density at radius 3 is 2.27 bits per heavy atom. The van der Waals surface area contributed by atoms with Gasteiger partial charge in [-0.25, -0.2) is 0 Å². The lowest BCUT2D eigenvalue weighted by Crippen LogP contribution is -1.93. The first-order chi connectivity index (χ1) is 7.15. The SMILES string of the molecule is C=C/C(=C\C1=C(C)COC1)C(C)C.CC. The van der Waals surface area contributed by atoms with Crippen LogP contribution in [0.1, 0.15) is 34.6 Å². The van der Waals surface area contributed by atoms with Gasteiger partial charge in [-0.1, -0.05) is 46.4 Å². The van der Waals surface area contributed by atoms with Crippen molar-refractivity contribution in [1.29, 1.82) is 0 Å². The van der Waals surface area contributed by atoms with E-state index in [9.17, 15) is 0 Å². The highest BCUT2D eigenvalue weighted by atomic mass is 16.5. The van der Waals surface area contributed by atoms with Crippen LogP contribution in [0.15, 0.2) is 35.5 Å². The molecule has 1 heterocycles. The van der Waals surface area contributed by atoms with Crippen LogP contribution < -0.4 is 0 Å². The maximum absolute atomic E-state index is 5.34. The van der Waals surface area contributed by atoms with E-state index in [1.165, 1.54) is 16.7 Å². The predicted octanol–water partition coefficient (Wildman–Crippen LogP) is 4.13. The summed E-state index contributed by atoms with van der Waals surface area (Å²) in [5.41, 5.74) is 3.96. The van der Waals surface area contributed by atoms with Crippen molar-refractivity contribution in [1.82, 2.24) is 0 Å². The number of hydrogen-bond donors (Lipinski definition) is 0. The smallest absolute Gasteiger partial charge is 0.0721 e. The molecule has 0 radical (unpaired) electrons. The van der Waals surface area contributed by atoms with E-state index in [4.69, 9.17) is 4.74 Å². The van der Waals surface area contributed by atoms with Crippen molar-refractivity contribution in [2.45, 2.75) is 34.6 Å². The van der Waals surface area contributed by atoms with Crippen LogP contribution in [-0.2, 0) is 4.74 Å². The van der Waals surface area contributed by atoms with E-state index >= 15 is 0 Å². The van der Waals surface area contributed by atoms with Gasteiger partial charge in [-0.05, 0) is 29.6 Å². The summed E-state index contributed by atoms with van der Waals surface area (Å²) in [5.74, 6) is 0.540. The van der Waals surface area contributed by atoms with Crippen LogP contribution in [-0.4, -0.2) is 13.2 Å². The van der Waals surface area contributed by atoms with Gasteiger partial charge in [0.15, 0.2) is 0 Å². The summed E-state index contributed by atoms with van der Waals surface area (Å²) < 4.78 is 5.34. The molecule has 1 aliphatic heterocycles. The van der Waals surface area contributed by atoms with Gasteiger partial charge < -0.3 is 4.74 Å². The monoisotopic (exact) mass is 208 g/mol. The normalized spacial score (nSPS) is 16.5. The zero-order valence-corrected chi connectivity index (χ0v) is 10.8. The van der Waals surface area contributed by atoms with Crippen LogP contribution in [0.4, 0.5) is 0 Å². The fourth-order valence-corrected chi connectivity index (χ4v) is 1.36. The summed E-state index contributed by atoms with van der Waals surface area (Å²) in [4.78, 5) is 0. The highest BCUT2D eigenvalue weighted by molar-refractivity contribution is 5.35.